The summed E-state index contributed by atoms with van der Waals surface area (Å²) in [4.78, 5) is 36.8. The van der Waals surface area contributed by atoms with E-state index in [1.807, 2.05) is 30.6 Å². The fourth-order valence-electron chi connectivity index (χ4n) is 21.8. The van der Waals surface area contributed by atoms with Gasteiger partial charge >= 0.3 is 0 Å². The molecule has 0 amide bonds. The molecule has 5 aliphatic rings. The third-order valence-electron chi connectivity index (χ3n) is 28.4. The molecule has 2 aliphatic heterocycles. The summed E-state index contributed by atoms with van der Waals surface area (Å²) in [6.45, 7) is 13.9. The van der Waals surface area contributed by atoms with Crippen molar-refractivity contribution in [3.05, 3.63) is 274 Å². The molecule has 0 spiro atoms. The van der Waals surface area contributed by atoms with Crippen LogP contribution < -0.4 is 0 Å². The van der Waals surface area contributed by atoms with Crippen LogP contribution in [-0.4, -0.2) is 36.2 Å². The first-order valence-electron chi connectivity index (χ1n) is 49.7. The average molecular weight is 1650 g/mol. The molecule has 4 N–H and O–H groups in total. The first-order valence-corrected chi connectivity index (χ1v) is 49.7. The van der Waals surface area contributed by atoms with Crippen LogP contribution in [0, 0.1) is 0 Å². The Morgan fingerprint density at radius 3 is 0.911 bits per heavy atom. The molecular weight excluding hydrogens is 1510 g/mol. The fourth-order valence-corrected chi connectivity index (χ4v) is 21.8. The number of nitrogens with one attached hydrogen (secondary N) is 4. The van der Waals surface area contributed by atoms with Crippen molar-refractivity contribution in [2.45, 2.75) is 334 Å². The van der Waals surface area contributed by atoms with Crippen molar-refractivity contribution in [2.75, 3.05) is 0 Å². The highest BCUT2D eigenvalue weighted by molar-refractivity contribution is 5.96. The summed E-state index contributed by atoms with van der Waals surface area (Å²) in [6, 6.07) is 70.7. The maximum absolute atomic E-state index is 11.6. The van der Waals surface area contributed by atoms with Crippen molar-refractivity contribution in [1.82, 2.24) is 29.9 Å². The summed E-state index contributed by atoms with van der Waals surface area (Å²) in [6.07, 6.45) is 69.3. The average Bonchev–Trinajstić information content (AvgIpc) is 1.57. The molecule has 6 aromatic carbocycles. The number of rotatable bonds is 47. The van der Waals surface area contributed by atoms with Crippen LogP contribution in [0.5, 0.6) is 0 Å². The topological polar surface area (TPSA) is 106 Å². The lowest BCUT2D eigenvalue weighted by Crippen LogP contribution is -2.25. The van der Waals surface area contributed by atoms with E-state index in [2.05, 4.69) is 256 Å². The summed E-state index contributed by atoms with van der Waals surface area (Å²) >= 11 is 0. The van der Waals surface area contributed by atoms with Crippen molar-refractivity contribution in [1.29, 1.82) is 0 Å². The molecule has 7 nitrogen and oxygen atoms in total. The molecule has 124 heavy (non-hydrogen) atoms. The van der Waals surface area contributed by atoms with E-state index in [1.165, 1.54) is 348 Å². The predicted octanol–water partition coefficient (Wildman–Crippen LogP) is 34.7. The number of fused-ring (bicyclic) bond motifs is 17. The molecule has 5 aromatic heterocycles. The zero-order valence-corrected chi connectivity index (χ0v) is 76.6. The molecule has 11 aromatic rings. The van der Waals surface area contributed by atoms with Gasteiger partial charge in [-0.3, -0.25) is 4.79 Å². The Morgan fingerprint density at radius 1 is 0.282 bits per heavy atom. The predicted molar refractivity (Wildman–Crippen MR) is 533 cm³/mol. The number of aromatic nitrogens is 6. The van der Waals surface area contributed by atoms with Crippen LogP contribution in [0.2, 0.25) is 0 Å². The van der Waals surface area contributed by atoms with Crippen molar-refractivity contribution in [2.24, 2.45) is 0 Å². The molecule has 16 rings (SSSR count). The maximum Gasteiger partial charge on any atom is 0.150 e. The van der Waals surface area contributed by atoms with E-state index in [9.17, 15) is 4.79 Å². The zero-order valence-electron chi connectivity index (χ0n) is 76.6. The van der Waals surface area contributed by atoms with Crippen molar-refractivity contribution in [3.63, 3.8) is 0 Å². The Labute approximate surface area is 745 Å². The number of aromatic amines is 4. The molecule has 0 saturated carbocycles. The lowest BCUT2D eigenvalue weighted by atomic mass is 9.70. The molecule has 0 fully saturated rings. The summed E-state index contributed by atoms with van der Waals surface area (Å²) in [5.74, 6) is 0. The smallest absolute Gasteiger partial charge is 0.150 e. The van der Waals surface area contributed by atoms with Gasteiger partial charge in [-0.2, -0.15) is 0 Å². The van der Waals surface area contributed by atoms with Crippen LogP contribution in [0.25, 0.3) is 102 Å². The molecule has 650 valence electrons. The number of carbonyl (C=O) groups is 1. The van der Waals surface area contributed by atoms with E-state index < -0.39 is 0 Å². The van der Waals surface area contributed by atoms with Gasteiger partial charge in [0, 0.05) is 85.2 Å². The SMILES string of the molecule is CCCCCCCCC1(CCCCCCCC)c2ccccc2-c2ccc(-c3c4nc(cc5ccc([nH]5)c(-c5ccc6c(c5)C(CCCCCCCC)(CCCCCCCC)c5ccccc5-6)c5nc(cc6ccc3[nH]6)C=C5)C=C4)cc21.CCCCCCCCC1(CCCCCCCC)c2ccccc2-c2ccc(C=O)cc21.c1c[nH]c(Cc2ccc[nH]2)c1. The Balaban J connectivity index is 0.000000242. The summed E-state index contributed by atoms with van der Waals surface area (Å²) in [7, 11) is 0. The van der Waals surface area contributed by atoms with E-state index >= 15 is 0 Å². The Bertz CT molecular complexity index is 5110. The standard InChI is InChI=1S/C78H94N4.C30H42O.C9H10N2/c1-5-9-13-17-21-29-49-77(50-30-22-18-14-10-6-2)67-35-27-25-33-63(67)65-43-37-57(53-69(65)77)75-71-45-39-59(79-71)55-61-41-47-73(81-61)76(74-48-42-62(82-74)56-60-40-46-72(75)80-60)58-38-44-66-64-34-26-28-36-68(64)78(70(66)54-58,51-31-23-19-15-11-7-3)52-32-24-20-16-12-8-4;1-3-5-7-9-11-15-21-30(22-16-12-10-8-6-4-2)28-18-14-13-17-26(28)27-20-19-25(24-31)23-29(27)30;1-3-8(10-5-1)7-9-4-2-6-11-9/h25-28,33-48,53-56,79,82H,5-24,29-32,49-52H2,1-4H3;13-14,17-20,23-24H,3-12,15-16,21-22H2,1-2H3;1-6,10-11H,7H2. The van der Waals surface area contributed by atoms with Crippen LogP contribution in [0.4, 0.5) is 0 Å². The number of unbranched alkanes of at least 4 members (excludes halogenated alkanes) is 30. The number of hydrogen-bond acceptors (Lipinski definition) is 3. The number of hydrogen-bond donors (Lipinski definition) is 4. The molecule has 0 unspecified atom stereocenters. The molecule has 8 bridgehead atoms. The van der Waals surface area contributed by atoms with E-state index in [-0.39, 0.29) is 16.2 Å². The number of H-pyrrole nitrogens is 4. The van der Waals surface area contributed by atoms with Crippen LogP contribution in [0.15, 0.2) is 200 Å². The van der Waals surface area contributed by atoms with Crippen LogP contribution >= 0.6 is 0 Å². The van der Waals surface area contributed by atoms with Crippen LogP contribution in [0.1, 0.15) is 389 Å². The molecular formula is C117H146N6O. The highest BCUT2D eigenvalue weighted by atomic mass is 16.1. The van der Waals surface area contributed by atoms with E-state index in [0.29, 0.717) is 0 Å². The van der Waals surface area contributed by atoms with E-state index in [0.717, 1.165) is 74.2 Å². The molecule has 0 atom stereocenters. The fraction of sp³-hybridized carbons (Fsp3) is 0.444. The zero-order chi connectivity index (χ0) is 85.6. The van der Waals surface area contributed by atoms with E-state index in [1.54, 1.807) is 11.1 Å². The summed E-state index contributed by atoms with van der Waals surface area (Å²) in [5, 5.41) is 0. The van der Waals surface area contributed by atoms with Gasteiger partial charge in [0.15, 0.2) is 0 Å². The maximum atomic E-state index is 11.6. The quantitative estimate of drug-likeness (QED) is 0.0226. The first kappa shape index (κ1) is 90.4. The lowest BCUT2D eigenvalue weighted by molar-refractivity contribution is 0.112. The van der Waals surface area contributed by atoms with Crippen molar-refractivity contribution in [3.8, 4) is 55.6 Å². The van der Waals surface area contributed by atoms with Gasteiger partial charge in [-0.1, -0.05) is 382 Å². The molecule has 7 heteroatoms. The monoisotopic (exact) mass is 1650 g/mol. The van der Waals surface area contributed by atoms with Crippen molar-refractivity contribution < 1.29 is 4.79 Å². The normalized spacial score (nSPS) is 13.7. The number of aldehydes is 1. The second-order valence-corrected chi connectivity index (χ2v) is 37.2. The highest BCUT2D eigenvalue weighted by Crippen LogP contribution is 2.59. The summed E-state index contributed by atoms with van der Waals surface area (Å²) < 4.78 is 0. The minimum Gasteiger partial charge on any atom is -0.365 e. The molecule has 3 aliphatic carbocycles. The Morgan fingerprint density at radius 2 is 0.589 bits per heavy atom. The van der Waals surface area contributed by atoms with Gasteiger partial charge in [-0.25, -0.2) is 9.97 Å². The van der Waals surface area contributed by atoms with Crippen LogP contribution in [0.3, 0.4) is 0 Å². The van der Waals surface area contributed by atoms with Gasteiger partial charge in [-0.05, 0) is 220 Å². The van der Waals surface area contributed by atoms with Crippen molar-refractivity contribution >= 4 is 52.7 Å². The third kappa shape index (κ3) is 21.8. The van der Waals surface area contributed by atoms with Gasteiger partial charge in [0.2, 0.25) is 0 Å². The second kappa shape index (κ2) is 45.9. The third-order valence-corrected chi connectivity index (χ3v) is 28.4. The van der Waals surface area contributed by atoms with Gasteiger partial charge in [0.1, 0.15) is 6.29 Å². The minimum atomic E-state index is -0.0131. The van der Waals surface area contributed by atoms with Gasteiger partial charge in [0.25, 0.3) is 0 Å². The van der Waals surface area contributed by atoms with Gasteiger partial charge in [0.05, 0.1) is 22.8 Å². The number of carbonyl (C=O) groups excluding carboxylic acids is 1. The molecule has 7 heterocycles. The highest BCUT2D eigenvalue weighted by Gasteiger charge is 2.45. The second-order valence-electron chi connectivity index (χ2n) is 37.2. The van der Waals surface area contributed by atoms with Crippen LogP contribution in [-0.2, 0) is 22.7 Å². The molecule has 0 radical (unpaired) electrons. The summed E-state index contributed by atoms with van der Waals surface area (Å²) in [5.41, 5.74) is 33.6. The number of nitrogens with zero attached hydrogens (tertiary/aromatic N) is 2. The largest absolute Gasteiger partial charge is 0.365 e. The van der Waals surface area contributed by atoms with Gasteiger partial charge < -0.3 is 19.9 Å². The van der Waals surface area contributed by atoms with Gasteiger partial charge in [-0.15, -0.1) is 0 Å². The number of benzene rings is 6. The first-order chi connectivity index (χ1) is 61.2. The Hall–Kier alpha value is -9.85. The lowest BCUT2D eigenvalue weighted by Gasteiger charge is -2.33. The Kier molecular flexibility index (Phi) is 33.4. The molecule has 0 saturated heterocycles. The minimum absolute atomic E-state index is 0.0131. The van der Waals surface area contributed by atoms with E-state index in [4.69, 9.17) is 9.97 Å².